The van der Waals surface area contributed by atoms with E-state index in [0.29, 0.717) is 31.1 Å². The fourth-order valence-corrected chi connectivity index (χ4v) is 7.39. The number of aromatic nitrogens is 3. The molecule has 3 fully saturated rings. The van der Waals surface area contributed by atoms with Gasteiger partial charge in [-0.3, -0.25) is 9.69 Å². The van der Waals surface area contributed by atoms with E-state index in [2.05, 4.69) is 10.6 Å². The van der Waals surface area contributed by atoms with Gasteiger partial charge in [-0.25, -0.2) is 13.3 Å². The van der Waals surface area contributed by atoms with Crippen LogP contribution in [0.3, 0.4) is 0 Å². The van der Waals surface area contributed by atoms with Crippen molar-refractivity contribution in [2.24, 2.45) is 11.7 Å². The van der Waals surface area contributed by atoms with Gasteiger partial charge in [0, 0.05) is 56.5 Å². The second-order valence-electron chi connectivity index (χ2n) is 13.3. The Morgan fingerprint density at radius 2 is 1.93 bits per heavy atom. The monoisotopic (exact) mass is 620 g/mol. The lowest BCUT2D eigenvalue weighted by molar-refractivity contribution is -0.0564. The molecule has 3 aromatic heterocycles. The molecular weight excluding hydrogens is 578 g/mol. The van der Waals surface area contributed by atoms with Crippen LogP contribution in [0.15, 0.2) is 36.5 Å². The van der Waals surface area contributed by atoms with E-state index in [-0.39, 0.29) is 43.3 Å². The van der Waals surface area contributed by atoms with Gasteiger partial charge in [-0.1, -0.05) is 0 Å². The molecule has 0 spiro atoms. The first kappa shape index (κ1) is 30.3. The number of nitrogens with zero attached hydrogens (tertiary/aromatic N) is 5. The van der Waals surface area contributed by atoms with Crippen LogP contribution in [0.25, 0.3) is 27.8 Å². The van der Waals surface area contributed by atoms with Gasteiger partial charge in [-0.15, -0.1) is 0 Å². The molecule has 4 aromatic rings. The Morgan fingerprint density at radius 1 is 1.16 bits per heavy atom. The Morgan fingerprint density at radius 3 is 2.64 bits per heavy atom. The van der Waals surface area contributed by atoms with Crippen LogP contribution in [-0.2, 0) is 11.3 Å². The summed E-state index contributed by atoms with van der Waals surface area (Å²) in [7, 11) is 1.59. The molecule has 1 amide bonds. The minimum Gasteiger partial charge on any atom is -0.381 e. The van der Waals surface area contributed by atoms with Crippen molar-refractivity contribution in [2.75, 3.05) is 39.9 Å². The number of hydrogen-bond acceptors (Lipinski definition) is 6. The molecule has 0 bridgehead atoms. The fraction of sp³-hybridized carbons (Fsp3) is 0.529. The number of fused-ring (bicyclic) bond motifs is 2. The molecule has 240 valence electrons. The Labute approximate surface area is 261 Å². The molecule has 11 heteroatoms. The highest BCUT2D eigenvalue weighted by atomic mass is 19.1. The Hall–Kier alpha value is -3.38. The number of piperidine rings is 2. The number of hydrogen-bond donors (Lipinski definition) is 2. The van der Waals surface area contributed by atoms with Crippen molar-refractivity contribution < 1.29 is 23.4 Å². The Bertz CT molecular complexity index is 1710. The van der Waals surface area contributed by atoms with Crippen LogP contribution in [0.1, 0.15) is 59.5 Å². The van der Waals surface area contributed by atoms with Crippen molar-refractivity contribution in [3.63, 3.8) is 0 Å². The predicted molar refractivity (Wildman–Crippen MR) is 168 cm³/mol. The normalized spacial score (nSPS) is 22.5. The number of alkyl halides is 1. The van der Waals surface area contributed by atoms with Crippen molar-refractivity contribution in [3.8, 4) is 11.4 Å². The molecule has 2 saturated heterocycles. The fourth-order valence-electron chi connectivity index (χ4n) is 7.39. The van der Waals surface area contributed by atoms with E-state index in [1.807, 2.05) is 17.9 Å². The minimum atomic E-state index is -1.13. The van der Waals surface area contributed by atoms with Crippen LogP contribution in [-0.4, -0.2) is 93.3 Å². The van der Waals surface area contributed by atoms with E-state index < -0.39 is 12.4 Å². The standard InChI is InChI=1S/C34H42F2N6O3/c1-20-29-6-5-23(34(44)40-17-26(36)13-27(37)18-40)16-42(29)38-32(20)30-12-24-11-25(35)14-28(33(24)41(30)15-21-3-4-21)22-7-9-39(10-8-22)31(43)19-45-2/h5-6,11-12,14,16,21-22,26-27,31,43H,3-4,7-10,13,15,17-19,37H2,1-2H3/t26-,27-,31?/m1/s1. The van der Waals surface area contributed by atoms with E-state index in [1.54, 1.807) is 36.0 Å². The third-order valence-electron chi connectivity index (χ3n) is 9.92. The number of benzene rings is 1. The molecule has 5 heterocycles. The molecule has 1 aromatic carbocycles. The van der Waals surface area contributed by atoms with Crippen LogP contribution < -0.4 is 5.73 Å². The summed E-state index contributed by atoms with van der Waals surface area (Å²) in [6.07, 6.45) is 4.19. The highest BCUT2D eigenvalue weighted by Gasteiger charge is 2.32. The van der Waals surface area contributed by atoms with Crippen molar-refractivity contribution in [2.45, 2.75) is 69.9 Å². The number of pyridine rings is 1. The SMILES string of the molecule is COCC(O)N1CCC(c2cc(F)cc3cc(-c4nn5cc(C(=O)N6C[C@H](N)C[C@@H](F)C6)ccc5c4C)n(CC4CC4)c23)CC1. The van der Waals surface area contributed by atoms with Gasteiger partial charge < -0.3 is 25.0 Å². The second-order valence-corrected chi connectivity index (χ2v) is 13.3. The summed E-state index contributed by atoms with van der Waals surface area (Å²) in [5.74, 6) is 0.225. The number of likely N-dealkylation sites (tertiary alicyclic amines) is 2. The number of carbonyl (C=O) groups excluding carboxylic acids is 1. The molecular formula is C34H42F2N6O3. The minimum absolute atomic E-state index is 0.0425. The number of carbonyl (C=O) groups is 1. The summed E-state index contributed by atoms with van der Waals surface area (Å²) in [5.41, 5.74) is 12.1. The van der Waals surface area contributed by atoms with E-state index >= 15 is 4.39 Å². The Kier molecular flexibility index (Phi) is 8.14. The van der Waals surface area contributed by atoms with Crippen LogP contribution in [0.4, 0.5) is 8.78 Å². The number of aryl methyl sites for hydroxylation is 1. The van der Waals surface area contributed by atoms with E-state index in [9.17, 15) is 14.3 Å². The molecule has 3 atom stereocenters. The number of halogens is 2. The van der Waals surface area contributed by atoms with Gasteiger partial charge in [0.25, 0.3) is 5.91 Å². The highest BCUT2D eigenvalue weighted by Crippen LogP contribution is 2.41. The summed E-state index contributed by atoms with van der Waals surface area (Å²) in [6, 6.07) is 8.65. The summed E-state index contributed by atoms with van der Waals surface area (Å²) in [5, 5.41) is 16.3. The zero-order valence-corrected chi connectivity index (χ0v) is 26.0. The lowest BCUT2D eigenvalue weighted by Gasteiger charge is -2.35. The van der Waals surface area contributed by atoms with Crippen LogP contribution >= 0.6 is 0 Å². The molecule has 1 saturated carbocycles. The molecule has 2 aliphatic heterocycles. The first-order valence-corrected chi connectivity index (χ1v) is 16.1. The van der Waals surface area contributed by atoms with Gasteiger partial charge in [-0.2, -0.15) is 5.10 Å². The summed E-state index contributed by atoms with van der Waals surface area (Å²) >= 11 is 0. The van der Waals surface area contributed by atoms with Crippen LogP contribution in [0, 0.1) is 18.7 Å². The quantitative estimate of drug-likeness (QED) is 0.302. The number of methoxy groups -OCH3 is 1. The van der Waals surface area contributed by atoms with Crippen LogP contribution in [0.5, 0.6) is 0 Å². The molecule has 3 N–H and O–H groups in total. The average molecular weight is 621 g/mol. The smallest absolute Gasteiger partial charge is 0.255 e. The number of amides is 1. The topological polar surface area (TPSA) is 101 Å². The van der Waals surface area contributed by atoms with E-state index in [1.165, 1.54) is 17.7 Å². The lowest BCUT2D eigenvalue weighted by Crippen LogP contribution is -2.50. The average Bonchev–Trinajstić information content (AvgIpc) is 3.69. The van der Waals surface area contributed by atoms with Gasteiger partial charge >= 0.3 is 0 Å². The third kappa shape index (κ3) is 5.87. The highest BCUT2D eigenvalue weighted by molar-refractivity contribution is 5.95. The molecule has 9 nitrogen and oxygen atoms in total. The van der Waals surface area contributed by atoms with Crippen molar-refractivity contribution in [3.05, 3.63) is 59.0 Å². The maximum atomic E-state index is 15.2. The molecule has 45 heavy (non-hydrogen) atoms. The Balaban J connectivity index is 1.26. The van der Waals surface area contributed by atoms with Crippen molar-refractivity contribution in [1.29, 1.82) is 0 Å². The summed E-state index contributed by atoms with van der Waals surface area (Å²) in [4.78, 5) is 16.8. The van der Waals surface area contributed by atoms with E-state index in [0.717, 1.165) is 58.3 Å². The first-order chi connectivity index (χ1) is 21.7. The van der Waals surface area contributed by atoms with Crippen LogP contribution in [0.2, 0.25) is 0 Å². The van der Waals surface area contributed by atoms with Gasteiger partial charge in [-0.05, 0) is 86.8 Å². The molecule has 0 radical (unpaired) electrons. The lowest BCUT2D eigenvalue weighted by atomic mass is 9.88. The number of aliphatic hydroxyl groups excluding tert-OH is 1. The number of ether oxygens (including phenoxy) is 1. The van der Waals surface area contributed by atoms with Gasteiger partial charge in [0.05, 0.1) is 35.4 Å². The van der Waals surface area contributed by atoms with Gasteiger partial charge in [0.1, 0.15) is 23.9 Å². The van der Waals surface area contributed by atoms with Crippen molar-refractivity contribution >= 4 is 22.3 Å². The van der Waals surface area contributed by atoms with E-state index in [4.69, 9.17) is 15.6 Å². The zero-order valence-electron chi connectivity index (χ0n) is 26.0. The maximum absolute atomic E-state index is 15.2. The number of nitrogens with two attached hydrogens (primary N) is 1. The van der Waals surface area contributed by atoms with Crippen molar-refractivity contribution in [1.82, 2.24) is 24.0 Å². The largest absolute Gasteiger partial charge is 0.381 e. The summed E-state index contributed by atoms with van der Waals surface area (Å²) in [6.45, 7) is 4.92. The summed E-state index contributed by atoms with van der Waals surface area (Å²) < 4.78 is 38.6. The molecule has 7 rings (SSSR count). The molecule has 3 aliphatic rings. The number of aliphatic hydroxyl groups is 1. The van der Waals surface area contributed by atoms with Gasteiger partial charge in [0.15, 0.2) is 0 Å². The maximum Gasteiger partial charge on any atom is 0.255 e. The zero-order chi connectivity index (χ0) is 31.4. The second kappa shape index (κ2) is 12.1. The predicted octanol–water partition coefficient (Wildman–Crippen LogP) is 4.47. The molecule has 1 aliphatic carbocycles. The third-order valence-corrected chi connectivity index (χ3v) is 9.92. The molecule has 1 unspecified atom stereocenters. The first-order valence-electron chi connectivity index (χ1n) is 16.1. The van der Waals surface area contributed by atoms with Gasteiger partial charge in [0.2, 0.25) is 0 Å². The number of rotatable bonds is 8.